The van der Waals surface area contributed by atoms with Crippen LogP contribution in [0.5, 0.6) is 0 Å². The van der Waals surface area contributed by atoms with Gasteiger partial charge in [0.2, 0.25) is 0 Å². The third-order valence-corrected chi connectivity index (χ3v) is 2.07. The Morgan fingerprint density at radius 1 is 1.82 bits per heavy atom. The van der Waals surface area contributed by atoms with Crippen LogP contribution in [-0.4, -0.2) is 27.1 Å². The van der Waals surface area contributed by atoms with Crippen molar-refractivity contribution in [3.8, 4) is 0 Å². The molecule has 0 spiro atoms. The number of rotatable bonds is 2. The molecule has 1 aromatic heterocycles. The van der Waals surface area contributed by atoms with Crippen molar-refractivity contribution < 1.29 is 9.90 Å². The molecular weight excluding hydrogens is 164 g/mol. The van der Waals surface area contributed by atoms with Gasteiger partial charge in [-0.15, -0.1) is 11.8 Å². The number of nitrogens with zero attached hydrogens (tertiary/aromatic N) is 2. The molecular formula is C6H8N2O2S. The molecule has 11 heavy (non-hydrogen) atoms. The second kappa shape index (κ2) is 2.96. The van der Waals surface area contributed by atoms with Crippen molar-refractivity contribution in [1.82, 2.24) is 9.78 Å². The molecule has 0 saturated heterocycles. The van der Waals surface area contributed by atoms with E-state index in [-0.39, 0.29) is 5.69 Å². The van der Waals surface area contributed by atoms with E-state index in [1.165, 1.54) is 16.4 Å². The molecule has 0 amide bonds. The van der Waals surface area contributed by atoms with E-state index in [0.717, 1.165) is 0 Å². The SMILES string of the molecule is CSc1cnn(C)c1C(=O)O. The summed E-state index contributed by atoms with van der Waals surface area (Å²) in [4.78, 5) is 11.3. The molecule has 1 heterocycles. The van der Waals surface area contributed by atoms with Crippen LogP contribution in [0.1, 0.15) is 10.5 Å². The maximum absolute atomic E-state index is 10.6. The van der Waals surface area contributed by atoms with Crippen LogP contribution >= 0.6 is 11.8 Å². The van der Waals surface area contributed by atoms with Crippen LogP contribution in [0, 0.1) is 0 Å². The maximum Gasteiger partial charge on any atom is 0.355 e. The summed E-state index contributed by atoms with van der Waals surface area (Å²) >= 11 is 1.38. The van der Waals surface area contributed by atoms with Crippen LogP contribution in [-0.2, 0) is 7.05 Å². The number of carboxylic acid groups (broad SMARTS) is 1. The van der Waals surface area contributed by atoms with Gasteiger partial charge in [0.15, 0.2) is 5.69 Å². The van der Waals surface area contributed by atoms with E-state index < -0.39 is 5.97 Å². The zero-order valence-corrected chi connectivity index (χ0v) is 7.05. The predicted molar refractivity (Wildman–Crippen MR) is 41.9 cm³/mol. The number of thioether (sulfide) groups is 1. The lowest BCUT2D eigenvalue weighted by molar-refractivity contribution is 0.0681. The van der Waals surface area contributed by atoms with E-state index in [1.807, 2.05) is 6.26 Å². The number of carbonyl (C=O) groups is 1. The minimum Gasteiger partial charge on any atom is -0.476 e. The van der Waals surface area contributed by atoms with Crippen LogP contribution in [0.2, 0.25) is 0 Å². The summed E-state index contributed by atoms with van der Waals surface area (Å²) in [7, 11) is 1.61. The molecule has 0 saturated carbocycles. The van der Waals surface area contributed by atoms with E-state index >= 15 is 0 Å². The van der Waals surface area contributed by atoms with Gasteiger partial charge in [-0.2, -0.15) is 5.10 Å². The van der Waals surface area contributed by atoms with E-state index in [9.17, 15) is 4.79 Å². The number of carboxylic acids is 1. The van der Waals surface area contributed by atoms with Gasteiger partial charge in [-0.1, -0.05) is 0 Å². The number of hydrogen-bond donors (Lipinski definition) is 1. The molecule has 0 aliphatic heterocycles. The lowest BCUT2D eigenvalue weighted by atomic mass is 10.4. The summed E-state index contributed by atoms with van der Waals surface area (Å²) in [6, 6.07) is 0. The number of aryl methyl sites for hydroxylation is 1. The Balaban J connectivity index is 3.17. The molecule has 0 aliphatic carbocycles. The summed E-state index contributed by atoms with van der Waals surface area (Å²) < 4.78 is 1.36. The Labute approximate surface area is 68.2 Å². The summed E-state index contributed by atoms with van der Waals surface area (Å²) in [5.74, 6) is -0.936. The molecule has 0 aromatic carbocycles. The third kappa shape index (κ3) is 1.37. The number of aromatic nitrogens is 2. The van der Waals surface area contributed by atoms with E-state index in [4.69, 9.17) is 5.11 Å². The molecule has 0 fully saturated rings. The molecule has 60 valence electrons. The van der Waals surface area contributed by atoms with Gasteiger partial charge >= 0.3 is 5.97 Å². The van der Waals surface area contributed by atoms with E-state index in [1.54, 1.807) is 13.2 Å². The third-order valence-electron chi connectivity index (χ3n) is 1.33. The topological polar surface area (TPSA) is 55.1 Å². The van der Waals surface area contributed by atoms with Crippen LogP contribution in [0.15, 0.2) is 11.1 Å². The Morgan fingerprint density at radius 3 is 2.82 bits per heavy atom. The Bertz CT molecular complexity index is 282. The van der Waals surface area contributed by atoms with Crippen molar-refractivity contribution >= 4 is 17.7 Å². The Morgan fingerprint density at radius 2 is 2.45 bits per heavy atom. The predicted octanol–water partition coefficient (Wildman–Crippen LogP) is 0.840. The van der Waals surface area contributed by atoms with Gasteiger partial charge in [-0.25, -0.2) is 4.79 Å². The first kappa shape index (κ1) is 8.13. The highest BCUT2D eigenvalue weighted by molar-refractivity contribution is 7.98. The van der Waals surface area contributed by atoms with Crippen molar-refractivity contribution in [3.63, 3.8) is 0 Å². The van der Waals surface area contributed by atoms with Gasteiger partial charge < -0.3 is 5.11 Å². The standard InChI is InChI=1S/C6H8N2O2S/c1-8-5(6(9)10)4(11-2)3-7-8/h3H,1-2H3,(H,9,10). The zero-order valence-electron chi connectivity index (χ0n) is 6.24. The number of aromatic carboxylic acids is 1. The van der Waals surface area contributed by atoms with Gasteiger partial charge in [0.1, 0.15) is 0 Å². The van der Waals surface area contributed by atoms with Crippen LogP contribution in [0.3, 0.4) is 0 Å². The Kier molecular flexibility index (Phi) is 2.19. The van der Waals surface area contributed by atoms with Crippen LogP contribution in [0.25, 0.3) is 0 Å². The fourth-order valence-electron chi connectivity index (χ4n) is 0.811. The lowest BCUT2D eigenvalue weighted by Crippen LogP contribution is -2.06. The van der Waals surface area contributed by atoms with Crippen molar-refractivity contribution in [2.45, 2.75) is 4.90 Å². The largest absolute Gasteiger partial charge is 0.476 e. The molecule has 1 rings (SSSR count). The van der Waals surface area contributed by atoms with Crippen molar-refractivity contribution in [1.29, 1.82) is 0 Å². The summed E-state index contributed by atoms with van der Waals surface area (Å²) in [5, 5.41) is 12.5. The van der Waals surface area contributed by atoms with Crippen molar-refractivity contribution in [2.24, 2.45) is 7.05 Å². The van der Waals surface area contributed by atoms with Crippen molar-refractivity contribution in [3.05, 3.63) is 11.9 Å². The molecule has 1 N–H and O–H groups in total. The maximum atomic E-state index is 10.6. The lowest BCUT2D eigenvalue weighted by Gasteiger charge is -1.96. The van der Waals surface area contributed by atoms with Crippen LogP contribution < -0.4 is 0 Å². The van der Waals surface area contributed by atoms with Crippen molar-refractivity contribution in [2.75, 3.05) is 6.26 Å². The summed E-state index contributed by atoms with van der Waals surface area (Å²) in [6.07, 6.45) is 3.37. The van der Waals surface area contributed by atoms with Gasteiger partial charge in [0, 0.05) is 7.05 Å². The molecule has 1 aromatic rings. The molecule has 4 nitrogen and oxygen atoms in total. The molecule has 0 unspecified atom stereocenters. The van der Waals surface area contributed by atoms with Crippen LogP contribution in [0.4, 0.5) is 0 Å². The first-order valence-electron chi connectivity index (χ1n) is 2.96. The van der Waals surface area contributed by atoms with Gasteiger partial charge in [0.25, 0.3) is 0 Å². The normalized spacial score (nSPS) is 10.0. The molecule has 0 aliphatic rings. The van der Waals surface area contributed by atoms with E-state index in [0.29, 0.717) is 4.90 Å². The van der Waals surface area contributed by atoms with Gasteiger partial charge in [-0.05, 0) is 6.26 Å². The second-order valence-electron chi connectivity index (χ2n) is 1.99. The fraction of sp³-hybridized carbons (Fsp3) is 0.333. The molecule has 0 bridgehead atoms. The summed E-state index contributed by atoms with van der Waals surface area (Å²) in [5.41, 5.74) is 0.248. The molecule has 5 heteroatoms. The summed E-state index contributed by atoms with van der Waals surface area (Å²) in [6.45, 7) is 0. The van der Waals surface area contributed by atoms with Gasteiger partial charge in [-0.3, -0.25) is 4.68 Å². The first-order valence-corrected chi connectivity index (χ1v) is 4.18. The number of hydrogen-bond acceptors (Lipinski definition) is 3. The molecule has 0 atom stereocenters. The average Bonchev–Trinajstić information content (AvgIpc) is 2.30. The Hall–Kier alpha value is -0.970. The highest BCUT2D eigenvalue weighted by Gasteiger charge is 2.13. The highest BCUT2D eigenvalue weighted by Crippen LogP contribution is 2.18. The second-order valence-corrected chi connectivity index (χ2v) is 2.84. The molecule has 0 radical (unpaired) electrons. The minimum absolute atomic E-state index is 0.248. The minimum atomic E-state index is -0.936. The monoisotopic (exact) mass is 172 g/mol. The first-order chi connectivity index (χ1) is 5.16. The average molecular weight is 172 g/mol. The highest BCUT2D eigenvalue weighted by atomic mass is 32.2. The smallest absolute Gasteiger partial charge is 0.355 e. The van der Waals surface area contributed by atoms with E-state index in [2.05, 4.69) is 5.10 Å². The zero-order chi connectivity index (χ0) is 8.43. The van der Waals surface area contributed by atoms with Gasteiger partial charge in [0.05, 0.1) is 11.1 Å². The quantitative estimate of drug-likeness (QED) is 0.671. The fourth-order valence-corrected chi connectivity index (χ4v) is 1.38.